The number of carbonyl (C=O) groups is 2. The molecule has 1 unspecified atom stereocenters. The number of carboxylic acids is 1. The van der Waals surface area contributed by atoms with Crippen LogP contribution in [-0.4, -0.2) is 23.1 Å². The first-order valence-electron chi connectivity index (χ1n) is 17.0. The average Bonchev–Trinajstić information content (AvgIpc) is 2.90. The summed E-state index contributed by atoms with van der Waals surface area (Å²) >= 11 is 0. The van der Waals surface area contributed by atoms with Crippen LogP contribution in [0.4, 0.5) is 0 Å². The summed E-state index contributed by atoms with van der Waals surface area (Å²) in [6, 6.07) is 0. The molecule has 0 saturated carbocycles. The highest BCUT2D eigenvalue weighted by Crippen LogP contribution is 2.16. The summed E-state index contributed by atoms with van der Waals surface area (Å²) in [6.07, 6.45) is 35.5. The highest BCUT2D eigenvalue weighted by atomic mass is 16.5. The minimum absolute atomic E-state index is 0.119. The lowest BCUT2D eigenvalue weighted by Gasteiger charge is -2.15. The summed E-state index contributed by atoms with van der Waals surface area (Å²) in [5, 5.41) is 8.72. The second-order valence-corrected chi connectivity index (χ2v) is 11.7. The van der Waals surface area contributed by atoms with E-state index in [0.717, 1.165) is 19.3 Å². The molecule has 0 aliphatic carbocycles. The van der Waals surface area contributed by atoms with E-state index < -0.39 is 5.97 Å². The van der Waals surface area contributed by atoms with E-state index >= 15 is 0 Å². The third-order valence-electron chi connectivity index (χ3n) is 7.90. The van der Waals surface area contributed by atoms with Gasteiger partial charge in [0.2, 0.25) is 0 Å². The number of aliphatic carboxylic acids is 1. The Bertz CT molecular complexity index is 505. The number of carboxylic acid groups (broad SMARTS) is 1. The number of carbonyl (C=O) groups excluding carboxylic acids is 1. The molecule has 38 heavy (non-hydrogen) atoms. The minimum atomic E-state index is -0.786. The molecule has 0 bridgehead atoms. The third-order valence-corrected chi connectivity index (χ3v) is 7.90. The van der Waals surface area contributed by atoms with Crippen LogP contribution in [0.3, 0.4) is 0 Å². The van der Waals surface area contributed by atoms with Gasteiger partial charge in [0, 0.05) is 12.8 Å². The standard InChI is InChI=1S/C34H66O4/c1-3-5-6-7-8-9-10-11-12-13-14-15-16-17-18-19-20-21-22-23-24-25-26-27-31-34(37)38-32(4-2)29-28-30-33(35)36/h32H,3-31H2,1-2H3,(H,35,36). The first-order chi connectivity index (χ1) is 18.6. The van der Waals surface area contributed by atoms with Gasteiger partial charge in [0.1, 0.15) is 6.10 Å². The van der Waals surface area contributed by atoms with Crippen molar-refractivity contribution in [3.8, 4) is 0 Å². The molecule has 0 aromatic heterocycles. The Morgan fingerprint density at radius 1 is 0.500 bits per heavy atom. The van der Waals surface area contributed by atoms with Crippen molar-refractivity contribution < 1.29 is 19.4 Å². The van der Waals surface area contributed by atoms with Crippen LogP contribution >= 0.6 is 0 Å². The Hall–Kier alpha value is -1.06. The molecule has 0 amide bonds. The van der Waals surface area contributed by atoms with Crippen molar-refractivity contribution in [3.05, 3.63) is 0 Å². The number of hydrogen-bond acceptors (Lipinski definition) is 3. The van der Waals surface area contributed by atoms with Gasteiger partial charge in [0.05, 0.1) is 0 Å². The molecule has 0 rings (SSSR count). The van der Waals surface area contributed by atoms with Gasteiger partial charge < -0.3 is 9.84 Å². The first kappa shape index (κ1) is 36.9. The summed E-state index contributed by atoms with van der Waals surface area (Å²) in [6.45, 7) is 4.28. The van der Waals surface area contributed by atoms with Crippen molar-refractivity contribution in [3.63, 3.8) is 0 Å². The van der Waals surface area contributed by atoms with Gasteiger partial charge in [-0.2, -0.15) is 0 Å². The van der Waals surface area contributed by atoms with E-state index in [-0.39, 0.29) is 18.5 Å². The van der Waals surface area contributed by atoms with Crippen molar-refractivity contribution in [1.29, 1.82) is 0 Å². The van der Waals surface area contributed by atoms with E-state index in [9.17, 15) is 9.59 Å². The van der Waals surface area contributed by atoms with E-state index in [1.807, 2.05) is 6.92 Å². The molecule has 226 valence electrons. The molecule has 0 radical (unpaired) electrons. The Labute approximate surface area is 237 Å². The molecule has 0 aromatic carbocycles. The van der Waals surface area contributed by atoms with E-state index in [2.05, 4.69) is 6.92 Å². The maximum atomic E-state index is 12.0. The van der Waals surface area contributed by atoms with Crippen LogP contribution in [0.5, 0.6) is 0 Å². The molecule has 0 heterocycles. The predicted molar refractivity (Wildman–Crippen MR) is 163 cm³/mol. The fourth-order valence-electron chi connectivity index (χ4n) is 5.30. The first-order valence-corrected chi connectivity index (χ1v) is 17.0. The summed E-state index contributed by atoms with van der Waals surface area (Å²) in [5.74, 6) is -0.905. The van der Waals surface area contributed by atoms with Gasteiger partial charge in [-0.1, -0.05) is 162 Å². The smallest absolute Gasteiger partial charge is 0.306 e. The van der Waals surface area contributed by atoms with Gasteiger partial charge in [-0.05, 0) is 25.7 Å². The number of ether oxygens (including phenoxy) is 1. The van der Waals surface area contributed by atoms with Crippen LogP contribution < -0.4 is 0 Å². The van der Waals surface area contributed by atoms with E-state index in [0.29, 0.717) is 19.3 Å². The van der Waals surface area contributed by atoms with E-state index in [1.165, 1.54) is 141 Å². The zero-order chi connectivity index (χ0) is 27.9. The zero-order valence-electron chi connectivity index (χ0n) is 25.8. The van der Waals surface area contributed by atoms with Crippen LogP contribution in [0, 0.1) is 0 Å². The SMILES string of the molecule is CCCCCCCCCCCCCCCCCCCCCCCCCCC(=O)OC(CC)CCCC(=O)O. The van der Waals surface area contributed by atoms with Crippen LogP contribution in [0.2, 0.25) is 0 Å². The molecule has 0 spiro atoms. The molecule has 0 saturated heterocycles. The molecule has 0 aromatic rings. The van der Waals surface area contributed by atoms with Crippen molar-refractivity contribution in [2.45, 2.75) is 206 Å². The summed E-state index contributed by atoms with van der Waals surface area (Å²) in [4.78, 5) is 22.6. The molecule has 0 fully saturated rings. The predicted octanol–water partition coefficient (Wildman–Crippen LogP) is 11.3. The van der Waals surface area contributed by atoms with E-state index in [4.69, 9.17) is 9.84 Å². The van der Waals surface area contributed by atoms with Gasteiger partial charge in [0.25, 0.3) is 0 Å². The van der Waals surface area contributed by atoms with Gasteiger partial charge in [0.15, 0.2) is 0 Å². The Kier molecular flexibility index (Phi) is 29.6. The lowest BCUT2D eigenvalue weighted by Crippen LogP contribution is -2.17. The Morgan fingerprint density at radius 2 is 0.842 bits per heavy atom. The van der Waals surface area contributed by atoms with Crippen molar-refractivity contribution in [2.75, 3.05) is 0 Å². The second-order valence-electron chi connectivity index (χ2n) is 11.7. The van der Waals surface area contributed by atoms with E-state index in [1.54, 1.807) is 0 Å². The fourth-order valence-corrected chi connectivity index (χ4v) is 5.30. The zero-order valence-corrected chi connectivity index (χ0v) is 25.8. The quantitative estimate of drug-likeness (QED) is 0.0704. The minimum Gasteiger partial charge on any atom is -0.481 e. The Balaban J connectivity index is 3.24. The van der Waals surface area contributed by atoms with Crippen LogP contribution in [0.25, 0.3) is 0 Å². The van der Waals surface area contributed by atoms with Crippen LogP contribution in [0.1, 0.15) is 200 Å². The van der Waals surface area contributed by atoms with Crippen LogP contribution in [-0.2, 0) is 14.3 Å². The lowest BCUT2D eigenvalue weighted by atomic mass is 10.0. The molecule has 0 aliphatic heterocycles. The lowest BCUT2D eigenvalue weighted by molar-refractivity contribution is -0.149. The average molecular weight is 539 g/mol. The van der Waals surface area contributed by atoms with Crippen LogP contribution in [0.15, 0.2) is 0 Å². The van der Waals surface area contributed by atoms with Crippen molar-refractivity contribution >= 4 is 11.9 Å². The maximum absolute atomic E-state index is 12.0. The van der Waals surface area contributed by atoms with Gasteiger partial charge in [-0.3, -0.25) is 9.59 Å². The topological polar surface area (TPSA) is 63.6 Å². The second kappa shape index (κ2) is 30.5. The third kappa shape index (κ3) is 29.5. The highest BCUT2D eigenvalue weighted by molar-refractivity contribution is 5.69. The van der Waals surface area contributed by atoms with Crippen molar-refractivity contribution in [1.82, 2.24) is 0 Å². The van der Waals surface area contributed by atoms with Gasteiger partial charge in [-0.25, -0.2) is 0 Å². The molecule has 0 aliphatic rings. The maximum Gasteiger partial charge on any atom is 0.306 e. The number of esters is 1. The monoisotopic (exact) mass is 538 g/mol. The Morgan fingerprint density at radius 3 is 1.16 bits per heavy atom. The summed E-state index contributed by atoms with van der Waals surface area (Å²) < 4.78 is 5.50. The molecular weight excluding hydrogens is 472 g/mol. The number of unbranched alkanes of at least 4 members (excludes halogenated alkanes) is 23. The molecule has 1 N–H and O–H groups in total. The normalized spacial score (nSPS) is 12.1. The molecule has 4 heteroatoms. The largest absolute Gasteiger partial charge is 0.481 e. The number of rotatable bonds is 31. The highest BCUT2D eigenvalue weighted by Gasteiger charge is 2.13. The fraction of sp³-hybridized carbons (Fsp3) is 0.941. The molecular formula is C34H66O4. The van der Waals surface area contributed by atoms with Crippen molar-refractivity contribution in [2.24, 2.45) is 0 Å². The van der Waals surface area contributed by atoms with Gasteiger partial charge in [-0.15, -0.1) is 0 Å². The molecule has 1 atom stereocenters. The molecule has 4 nitrogen and oxygen atoms in total. The van der Waals surface area contributed by atoms with Gasteiger partial charge >= 0.3 is 11.9 Å². The summed E-state index contributed by atoms with van der Waals surface area (Å²) in [5.41, 5.74) is 0. The summed E-state index contributed by atoms with van der Waals surface area (Å²) in [7, 11) is 0. The number of hydrogen-bond donors (Lipinski definition) is 1.